The van der Waals surface area contributed by atoms with Gasteiger partial charge in [0.2, 0.25) is 0 Å². The van der Waals surface area contributed by atoms with Crippen molar-refractivity contribution in [1.82, 2.24) is 19.5 Å². The Bertz CT molecular complexity index is 1590. The standard InChI is InChI=1S/C26H25ClFN7O2/c1-13(25-34-22-16(7-4-8-17(22)27)26(36)35(25)15-5-3-6-15)33-24-20(23(30)31-12-32-24)21(29)14-9-10-19(37-2)18(28)11-14/h4,7-13,15,29H,3,5-6H2,1-2H3,(H3,30,31,32,33). The molecule has 0 radical (unpaired) electrons. The average molecular weight is 522 g/mol. The molecule has 11 heteroatoms. The second-order valence-corrected chi connectivity index (χ2v) is 9.35. The molecule has 0 bridgehead atoms. The monoisotopic (exact) mass is 521 g/mol. The lowest BCUT2D eigenvalue weighted by molar-refractivity contribution is 0.294. The fourth-order valence-electron chi connectivity index (χ4n) is 4.50. The predicted octanol–water partition coefficient (Wildman–Crippen LogP) is 4.88. The minimum absolute atomic E-state index is 0.0399. The number of nitrogens with zero attached hydrogens (tertiary/aromatic N) is 4. The molecule has 1 saturated carbocycles. The van der Waals surface area contributed by atoms with Gasteiger partial charge >= 0.3 is 0 Å². The van der Waals surface area contributed by atoms with Crippen molar-refractivity contribution in [2.75, 3.05) is 18.2 Å². The van der Waals surface area contributed by atoms with Crippen LogP contribution in [0.15, 0.2) is 47.5 Å². The average Bonchev–Trinajstić information content (AvgIpc) is 2.84. The van der Waals surface area contributed by atoms with Crippen LogP contribution in [-0.4, -0.2) is 32.3 Å². The summed E-state index contributed by atoms with van der Waals surface area (Å²) in [6.07, 6.45) is 4.08. The minimum atomic E-state index is -0.607. The summed E-state index contributed by atoms with van der Waals surface area (Å²) in [5, 5.41) is 12.9. The number of hydrogen-bond donors (Lipinski definition) is 3. The van der Waals surface area contributed by atoms with E-state index in [-0.39, 0.29) is 45.8 Å². The highest BCUT2D eigenvalue weighted by atomic mass is 35.5. The van der Waals surface area contributed by atoms with Crippen molar-refractivity contribution in [3.05, 3.63) is 80.9 Å². The van der Waals surface area contributed by atoms with Gasteiger partial charge in [-0.25, -0.2) is 19.3 Å². The Hall–Kier alpha value is -4.05. The van der Waals surface area contributed by atoms with Gasteiger partial charge in [-0.1, -0.05) is 17.7 Å². The summed E-state index contributed by atoms with van der Waals surface area (Å²) >= 11 is 6.40. The summed E-state index contributed by atoms with van der Waals surface area (Å²) < 4.78 is 21.1. The van der Waals surface area contributed by atoms with Gasteiger partial charge in [-0.2, -0.15) is 0 Å². The van der Waals surface area contributed by atoms with Gasteiger partial charge in [0.15, 0.2) is 11.6 Å². The third-order valence-corrected chi connectivity index (χ3v) is 6.96. The van der Waals surface area contributed by atoms with Crippen molar-refractivity contribution in [3.8, 4) is 5.75 Å². The lowest BCUT2D eigenvalue weighted by Gasteiger charge is -2.31. The molecule has 1 fully saturated rings. The summed E-state index contributed by atoms with van der Waals surface area (Å²) in [4.78, 5) is 26.7. The number of anilines is 2. The molecule has 190 valence electrons. The lowest BCUT2D eigenvalue weighted by Crippen LogP contribution is -2.34. The predicted molar refractivity (Wildman–Crippen MR) is 141 cm³/mol. The first kappa shape index (κ1) is 24.6. The van der Waals surface area contributed by atoms with E-state index in [1.54, 1.807) is 28.8 Å². The second kappa shape index (κ2) is 9.78. The summed E-state index contributed by atoms with van der Waals surface area (Å²) in [5.74, 6) is 0.271. The number of ether oxygens (including phenoxy) is 1. The zero-order valence-corrected chi connectivity index (χ0v) is 21.0. The molecule has 37 heavy (non-hydrogen) atoms. The number of benzene rings is 2. The molecular weight excluding hydrogens is 497 g/mol. The highest BCUT2D eigenvalue weighted by molar-refractivity contribution is 6.35. The summed E-state index contributed by atoms with van der Waals surface area (Å²) in [5.41, 5.74) is 6.85. The number of hydrogen-bond acceptors (Lipinski definition) is 8. The minimum Gasteiger partial charge on any atom is -0.494 e. The van der Waals surface area contributed by atoms with Gasteiger partial charge in [-0.3, -0.25) is 14.8 Å². The maximum Gasteiger partial charge on any atom is 0.261 e. The maximum atomic E-state index is 14.4. The normalized spacial score (nSPS) is 14.3. The van der Waals surface area contributed by atoms with Gasteiger partial charge in [-0.15, -0.1) is 0 Å². The fraction of sp³-hybridized carbons (Fsp3) is 0.269. The largest absolute Gasteiger partial charge is 0.494 e. The van der Waals surface area contributed by atoms with Crippen LogP contribution in [0.4, 0.5) is 16.0 Å². The van der Waals surface area contributed by atoms with Crippen LogP contribution in [0, 0.1) is 11.2 Å². The molecule has 1 aliphatic carbocycles. The summed E-state index contributed by atoms with van der Waals surface area (Å²) in [6, 6.07) is 8.89. The van der Waals surface area contributed by atoms with Gasteiger partial charge in [0.05, 0.1) is 40.4 Å². The van der Waals surface area contributed by atoms with E-state index < -0.39 is 11.9 Å². The van der Waals surface area contributed by atoms with Crippen LogP contribution < -0.4 is 21.3 Å². The fourth-order valence-corrected chi connectivity index (χ4v) is 4.71. The van der Waals surface area contributed by atoms with Gasteiger partial charge < -0.3 is 15.8 Å². The zero-order valence-electron chi connectivity index (χ0n) is 20.3. The molecule has 1 atom stereocenters. The zero-order chi connectivity index (χ0) is 26.3. The van der Waals surface area contributed by atoms with E-state index >= 15 is 0 Å². The Balaban J connectivity index is 1.57. The van der Waals surface area contributed by atoms with Gasteiger partial charge in [-0.05, 0) is 56.5 Å². The molecule has 5 rings (SSSR count). The SMILES string of the molecule is COc1ccc(C(=N)c2c(N)ncnc2NC(C)c2nc3c(Cl)cccc3c(=O)n2C2CCC2)cc1F. The van der Waals surface area contributed by atoms with Crippen molar-refractivity contribution in [1.29, 1.82) is 5.41 Å². The van der Waals surface area contributed by atoms with Gasteiger partial charge in [0, 0.05) is 11.6 Å². The Morgan fingerprint density at radius 1 is 1.30 bits per heavy atom. The van der Waals surface area contributed by atoms with Crippen LogP contribution >= 0.6 is 11.6 Å². The third-order valence-electron chi connectivity index (χ3n) is 6.66. The van der Waals surface area contributed by atoms with E-state index in [1.165, 1.54) is 25.6 Å². The highest BCUT2D eigenvalue weighted by Crippen LogP contribution is 2.34. The Kier molecular flexibility index (Phi) is 6.51. The number of fused-ring (bicyclic) bond motifs is 1. The van der Waals surface area contributed by atoms with Crippen molar-refractivity contribution in [3.63, 3.8) is 0 Å². The molecule has 0 aliphatic heterocycles. The molecule has 9 nitrogen and oxygen atoms in total. The molecule has 4 N–H and O–H groups in total. The van der Waals surface area contributed by atoms with Crippen LogP contribution in [0.1, 0.15) is 55.2 Å². The molecule has 2 heterocycles. The number of nitrogen functional groups attached to an aromatic ring is 1. The number of aromatic nitrogens is 4. The van der Waals surface area contributed by atoms with E-state index in [0.717, 1.165) is 19.3 Å². The van der Waals surface area contributed by atoms with Gasteiger partial charge in [0.25, 0.3) is 5.56 Å². The number of methoxy groups -OCH3 is 1. The Morgan fingerprint density at radius 3 is 2.76 bits per heavy atom. The van der Waals surface area contributed by atoms with Crippen LogP contribution in [0.2, 0.25) is 5.02 Å². The lowest BCUT2D eigenvalue weighted by atomic mass is 9.92. The molecule has 4 aromatic rings. The number of halogens is 2. The van der Waals surface area contributed by atoms with E-state index in [9.17, 15) is 9.18 Å². The van der Waals surface area contributed by atoms with E-state index in [2.05, 4.69) is 15.3 Å². The molecular formula is C26H25ClFN7O2. The van der Waals surface area contributed by atoms with Crippen molar-refractivity contribution < 1.29 is 9.13 Å². The van der Waals surface area contributed by atoms with E-state index in [4.69, 9.17) is 32.5 Å². The van der Waals surface area contributed by atoms with Crippen molar-refractivity contribution >= 4 is 39.9 Å². The number of nitrogens with one attached hydrogen (secondary N) is 2. The molecule has 0 spiro atoms. The molecule has 0 saturated heterocycles. The van der Waals surface area contributed by atoms with E-state index in [1.807, 2.05) is 6.92 Å². The first-order valence-electron chi connectivity index (χ1n) is 11.8. The topological polar surface area (TPSA) is 132 Å². The summed E-state index contributed by atoms with van der Waals surface area (Å²) in [7, 11) is 1.37. The van der Waals surface area contributed by atoms with Crippen LogP contribution in [0.5, 0.6) is 5.75 Å². The quantitative estimate of drug-likeness (QED) is 0.295. The number of para-hydroxylation sites is 1. The Morgan fingerprint density at radius 2 is 2.08 bits per heavy atom. The first-order valence-corrected chi connectivity index (χ1v) is 12.2. The maximum absolute atomic E-state index is 14.4. The molecule has 2 aromatic heterocycles. The van der Waals surface area contributed by atoms with Crippen LogP contribution in [0.25, 0.3) is 10.9 Å². The highest BCUT2D eigenvalue weighted by Gasteiger charge is 2.28. The second-order valence-electron chi connectivity index (χ2n) is 8.94. The third kappa shape index (κ3) is 4.37. The van der Waals surface area contributed by atoms with Crippen LogP contribution in [-0.2, 0) is 0 Å². The summed E-state index contributed by atoms with van der Waals surface area (Å²) in [6.45, 7) is 1.85. The molecule has 1 aliphatic rings. The van der Waals surface area contributed by atoms with E-state index in [0.29, 0.717) is 21.7 Å². The van der Waals surface area contributed by atoms with Gasteiger partial charge in [0.1, 0.15) is 23.8 Å². The molecule has 0 amide bonds. The number of nitrogens with two attached hydrogens (primary N) is 1. The Labute approximate surface area is 217 Å². The van der Waals surface area contributed by atoms with Crippen molar-refractivity contribution in [2.45, 2.75) is 38.3 Å². The molecule has 1 unspecified atom stereocenters. The van der Waals surface area contributed by atoms with Crippen molar-refractivity contribution in [2.24, 2.45) is 0 Å². The number of rotatable bonds is 7. The smallest absolute Gasteiger partial charge is 0.261 e. The first-order chi connectivity index (χ1) is 17.8. The van der Waals surface area contributed by atoms with Crippen LogP contribution in [0.3, 0.4) is 0 Å². The molecule has 2 aromatic carbocycles.